The van der Waals surface area contributed by atoms with Crippen molar-refractivity contribution in [2.75, 3.05) is 13.2 Å². The van der Waals surface area contributed by atoms with Gasteiger partial charge in [0.15, 0.2) is 0 Å². The lowest BCUT2D eigenvalue weighted by Crippen LogP contribution is -2.14. The molecule has 0 fully saturated rings. The minimum atomic E-state index is -0.239. The monoisotopic (exact) mass is 277 g/mol. The molecule has 0 aliphatic carbocycles. The molecule has 0 unspecified atom stereocenters. The number of nitrogens with zero attached hydrogens (tertiary/aromatic N) is 2. The molecule has 5 heteroatoms. The molecule has 0 spiro atoms. The van der Waals surface area contributed by atoms with Crippen LogP contribution in [-0.4, -0.2) is 22.9 Å². The molecule has 0 saturated heterocycles. The standard InChI is InChI=1S/C15H20FN3O/c1-3-17-11-12-10-13(16)4-5-15(12)20-9-7-14-6-8-18-19(14)2/h4-6,8,10,17H,3,7,9,11H2,1-2H3. The number of benzene rings is 1. The number of rotatable bonds is 7. The second-order valence-electron chi connectivity index (χ2n) is 4.58. The third kappa shape index (κ3) is 3.81. The highest BCUT2D eigenvalue weighted by atomic mass is 19.1. The first-order chi connectivity index (χ1) is 9.70. The first-order valence-electron chi connectivity index (χ1n) is 6.79. The number of aryl methyl sites for hydroxylation is 1. The highest BCUT2D eigenvalue weighted by Gasteiger charge is 2.06. The fourth-order valence-electron chi connectivity index (χ4n) is 2.00. The van der Waals surface area contributed by atoms with Gasteiger partial charge >= 0.3 is 0 Å². The Morgan fingerprint density at radius 1 is 1.35 bits per heavy atom. The Labute approximate surface area is 118 Å². The van der Waals surface area contributed by atoms with E-state index in [0.29, 0.717) is 13.2 Å². The number of halogens is 1. The van der Waals surface area contributed by atoms with Crippen molar-refractivity contribution < 1.29 is 9.13 Å². The highest BCUT2D eigenvalue weighted by molar-refractivity contribution is 5.34. The van der Waals surface area contributed by atoms with Gasteiger partial charge in [-0.2, -0.15) is 5.10 Å². The van der Waals surface area contributed by atoms with Gasteiger partial charge in [0.1, 0.15) is 11.6 Å². The minimum Gasteiger partial charge on any atom is -0.493 e. The van der Waals surface area contributed by atoms with Crippen molar-refractivity contribution in [1.82, 2.24) is 15.1 Å². The van der Waals surface area contributed by atoms with Crippen LogP contribution in [-0.2, 0) is 20.0 Å². The van der Waals surface area contributed by atoms with Crippen molar-refractivity contribution in [2.24, 2.45) is 7.05 Å². The molecule has 0 bridgehead atoms. The van der Waals surface area contributed by atoms with Crippen LogP contribution in [0.25, 0.3) is 0 Å². The molecule has 1 aromatic carbocycles. The molecule has 0 aliphatic heterocycles. The third-order valence-corrected chi connectivity index (χ3v) is 3.13. The smallest absolute Gasteiger partial charge is 0.124 e. The average molecular weight is 277 g/mol. The summed E-state index contributed by atoms with van der Waals surface area (Å²) in [4.78, 5) is 0. The van der Waals surface area contributed by atoms with Gasteiger partial charge in [-0.3, -0.25) is 4.68 Å². The van der Waals surface area contributed by atoms with Crippen LogP contribution in [0.15, 0.2) is 30.5 Å². The molecule has 1 aromatic heterocycles. The van der Waals surface area contributed by atoms with Crippen LogP contribution in [0, 0.1) is 5.82 Å². The SMILES string of the molecule is CCNCc1cc(F)ccc1OCCc1ccnn1C. The fourth-order valence-corrected chi connectivity index (χ4v) is 2.00. The molecule has 4 nitrogen and oxygen atoms in total. The lowest BCUT2D eigenvalue weighted by molar-refractivity contribution is 0.314. The van der Waals surface area contributed by atoms with Crippen molar-refractivity contribution in [3.05, 3.63) is 47.5 Å². The van der Waals surface area contributed by atoms with E-state index in [9.17, 15) is 4.39 Å². The molecular formula is C15H20FN3O. The second kappa shape index (κ2) is 7.05. The van der Waals surface area contributed by atoms with Gasteiger partial charge in [-0.05, 0) is 30.8 Å². The summed E-state index contributed by atoms with van der Waals surface area (Å²) in [5.41, 5.74) is 1.96. The lowest BCUT2D eigenvalue weighted by atomic mass is 10.2. The summed E-state index contributed by atoms with van der Waals surface area (Å²) in [6.07, 6.45) is 2.54. The van der Waals surface area contributed by atoms with Gasteiger partial charge < -0.3 is 10.1 Å². The van der Waals surface area contributed by atoms with Gasteiger partial charge in [0.25, 0.3) is 0 Å². The zero-order valence-corrected chi connectivity index (χ0v) is 11.9. The van der Waals surface area contributed by atoms with Gasteiger partial charge in [0, 0.05) is 37.5 Å². The van der Waals surface area contributed by atoms with E-state index in [0.717, 1.165) is 30.0 Å². The molecule has 0 amide bonds. The van der Waals surface area contributed by atoms with Crippen LogP contribution in [0.2, 0.25) is 0 Å². The summed E-state index contributed by atoms with van der Waals surface area (Å²) in [5.74, 6) is 0.492. The number of hydrogen-bond acceptors (Lipinski definition) is 3. The Morgan fingerprint density at radius 2 is 2.20 bits per heavy atom. The minimum absolute atomic E-state index is 0.239. The summed E-state index contributed by atoms with van der Waals surface area (Å²) in [6.45, 7) is 4.01. The lowest BCUT2D eigenvalue weighted by Gasteiger charge is -2.12. The van der Waals surface area contributed by atoms with Crippen molar-refractivity contribution in [1.29, 1.82) is 0 Å². The summed E-state index contributed by atoms with van der Waals surface area (Å²) in [7, 11) is 1.91. The Balaban J connectivity index is 1.96. The molecule has 0 radical (unpaired) electrons. The molecule has 2 aromatic rings. The normalized spacial score (nSPS) is 10.8. The van der Waals surface area contributed by atoms with Crippen molar-refractivity contribution in [3.63, 3.8) is 0 Å². The van der Waals surface area contributed by atoms with Crippen molar-refractivity contribution in [2.45, 2.75) is 19.9 Å². The number of aromatic nitrogens is 2. The largest absolute Gasteiger partial charge is 0.493 e. The van der Waals surface area contributed by atoms with Gasteiger partial charge in [-0.25, -0.2) is 4.39 Å². The van der Waals surface area contributed by atoms with E-state index in [1.165, 1.54) is 12.1 Å². The molecule has 20 heavy (non-hydrogen) atoms. The summed E-state index contributed by atoms with van der Waals surface area (Å²) >= 11 is 0. The molecular weight excluding hydrogens is 257 g/mol. The van der Waals surface area contributed by atoms with Gasteiger partial charge in [-0.1, -0.05) is 6.92 Å². The molecule has 108 valence electrons. The number of hydrogen-bond donors (Lipinski definition) is 1. The second-order valence-corrected chi connectivity index (χ2v) is 4.58. The summed E-state index contributed by atoms with van der Waals surface area (Å²) < 4.78 is 20.9. The number of ether oxygens (including phenoxy) is 1. The maximum atomic E-state index is 13.3. The van der Waals surface area contributed by atoms with E-state index >= 15 is 0 Å². The summed E-state index contributed by atoms with van der Waals surface area (Å²) in [5, 5.41) is 7.30. The van der Waals surface area contributed by atoms with Crippen LogP contribution < -0.4 is 10.1 Å². The Hall–Kier alpha value is -1.88. The van der Waals surface area contributed by atoms with Crippen LogP contribution in [0.4, 0.5) is 4.39 Å². The van der Waals surface area contributed by atoms with Gasteiger partial charge in [-0.15, -0.1) is 0 Å². The van der Waals surface area contributed by atoms with Crippen LogP contribution in [0.5, 0.6) is 5.75 Å². The van der Waals surface area contributed by atoms with Crippen molar-refractivity contribution >= 4 is 0 Å². The first kappa shape index (κ1) is 14.5. The summed E-state index contributed by atoms with van der Waals surface area (Å²) in [6, 6.07) is 6.59. The molecule has 0 atom stereocenters. The topological polar surface area (TPSA) is 39.1 Å². The molecule has 2 rings (SSSR count). The average Bonchev–Trinajstić information content (AvgIpc) is 2.84. The van der Waals surface area contributed by atoms with Crippen LogP contribution in [0.3, 0.4) is 0 Å². The maximum Gasteiger partial charge on any atom is 0.124 e. The third-order valence-electron chi connectivity index (χ3n) is 3.13. The Kier molecular flexibility index (Phi) is 5.12. The first-order valence-corrected chi connectivity index (χ1v) is 6.79. The van der Waals surface area contributed by atoms with Gasteiger partial charge in [0.2, 0.25) is 0 Å². The molecule has 0 saturated carbocycles. The fraction of sp³-hybridized carbons (Fsp3) is 0.400. The molecule has 1 heterocycles. The molecule has 1 N–H and O–H groups in total. The van der Waals surface area contributed by atoms with E-state index in [1.54, 1.807) is 12.3 Å². The number of nitrogens with one attached hydrogen (secondary N) is 1. The zero-order chi connectivity index (χ0) is 14.4. The van der Waals surface area contributed by atoms with Crippen LogP contribution in [0.1, 0.15) is 18.2 Å². The van der Waals surface area contributed by atoms with Crippen molar-refractivity contribution in [3.8, 4) is 5.75 Å². The van der Waals surface area contributed by atoms with E-state index in [1.807, 2.05) is 24.7 Å². The Bertz CT molecular complexity index is 554. The van der Waals surface area contributed by atoms with E-state index in [-0.39, 0.29) is 5.82 Å². The van der Waals surface area contributed by atoms with Gasteiger partial charge in [0.05, 0.1) is 6.61 Å². The quantitative estimate of drug-likeness (QED) is 0.844. The Morgan fingerprint density at radius 3 is 2.90 bits per heavy atom. The molecule has 0 aliphatic rings. The van der Waals surface area contributed by atoms with E-state index < -0.39 is 0 Å². The highest BCUT2D eigenvalue weighted by Crippen LogP contribution is 2.20. The van der Waals surface area contributed by atoms with E-state index in [4.69, 9.17) is 4.74 Å². The zero-order valence-electron chi connectivity index (χ0n) is 11.9. The predicted octanol–water partition coefficient (Wildman–Crippen LogP) is 2.29. The van der Waals surface area contributed by atoms with E-state index in [2.05, 4.69) is 10.4 Å². The predicted molar refractivity (Wildman–Crippen MR) is 76.2 cm³/mol. The van der Waals surface area contributed by atoms with Crippen LogP contribution >= 0.6 is 0 Å². The maximum absolute atomic E-state index is 13.3.